The zero-order valence-corrected chi connectivity index (χ0v) is 25.1. The molecule has 0 atom stereocenters. The van der Waals surface area contributed by atoms with E-state index in [1.54, 1.807) is 0 Å². The van der Waals surface area contributed by atoms with Crippen molar-refractivity contribution in [2.75, 3.05) is 0 Å². The Kier molecular flexibility index (Phi) is 14.2. The maximum absolute atomic E-state index is 12.9. The second kappa shape index (κ2) is 17.8. The Hall–Kier alpha value is -2.74. The minimum Gasteiger partial charge on any atom is -0.426 e. The minimum atomic E-state index is -0.257. The lowest BCUT2D eigenvalue weighted by Crippen LogP contribution is -2.31. The summed E-state index contributed by atoms with van der Waals surface area (Å²) in [5.74, 6) is 0.933. The summed E-state index contributed by atoms with van der Waals surface area (Å²) in [4.78, 5) is 22.0. The number of hydrogen-bond donors (Lipinski definition) is 0. The molecule has 1 fully saturated rings. The molecule has 0 spiro atoms. The number of carbonyl (C=O) groups is 1. The molecule has 2 aromatic rings. The van der Waals surface area contributed by atoms with Gasteiger partial charge in [-0.25, -0.2) is 9.97 Å². The first-order valence-electron chi connectivity index (χ1n) is 16.1. The van der Waals surface area contributed by atoms with E-state index in [4.69, 9.17) is 4.74 Å². The molecule has 5 heteroatoms. The third kappa shape index (κ3) is 10.7. The Morgan fingerprint density at radius 3 is 1.98 bits per heavy atom. The van der Waals surface area contributed by atoms with Gasteiger partial charge in [-0.05, 0) is 74.8 Å². The monoisotopic (exact) mass is 545 g/mol. The van der Waals surface area contributed by atoms with Gasteiger partial charge in [-0.2, -0.15) is 5.26 Å². The van der Waals surface area contributed by atoms with E-state index >= 15 is 0 Å². The van der Waals surface area contributed by atoms with Gasteiger partial charge in [0.05, 0.1) is 17.4 Å². The van der Waals surface area contributed by atoms with Crippen molar-refractivity contribution < 1.29 is 9.53 Å². The van der Waals surface area contributed by atoms with Gasteiger partial charge in [0, 0.05) is 18.0 Å². The molecule has 1 saturated carbocycles. The number of esters is 1. The largest absolute Gasteiger partial charge is 0.426 e. The lowest BCUT2D eigenvalue weighted by Gasteiger charge is -2.34. The van der Waals surface area contributed by atoms with Crippen molar-refractivity contribution in [2.45, 2.75) is 136 Å². The highest BCUT2D eigenvalue weighted by Crippen LogP contribution is 2.43. The van der Waals surface area contributed by atoms with Crippen molar-refractivity contribution in [1.82, 2.24) is 9.97 Å². The van der Waals surface area contributed by atoms with Gasteiger partial charge >= 0.3 is 5.97 Å². The Morgan fingerprint density at radius 1 is 0.850 bits per heavy atom. The molecule has 1 aliphatic rings. The van der Waals surface area contributed by atoms with Crippen LogP contribution in [0.15, 0.2) is 36.7 Å². The Morgan fingerprint density at radius 2 is 1.40 bits per heavy atom. The predicted molar refractivity (Wildman–Crippen MR) is 163 cm³/mol. The summed E-state index contributed by atoms with van der Waals surface area (Å²) in [6.07, 6.45) is 25.5. The minimum absolute atomic E-state index is 0.127. The SMILES string of the molecule is CCCCCCCCCc1cnc(-c2ccc(OC(=O)[C@H]3CC[C@@](C#N)(CCCCCCCC)CC3)cc2)nc1. The fourth-order valence-corrected chi connectivity index (χ4v) is 5.86. The van der Waals surface area contributed by atoms with Gasteiger partial charge < -0.3 is 4.74 Å². The van der Waals surface area contributed by atoms with Crippen LogP contribution in [-0.4, -0.2) is 15.9 Å². The van der Waals surface area contributed by atoms with Crippen molar-refractivity contribution in [3.8, 4) is 23.2 Å². The van der Waals surface area contributed by atoms with E-state index in [-0.39, 0.29) is 17.3 Å². The average molecular weight is 546 g/mol. The first kappa shape index (κ1) is 31.8. The summed E-state index contributed by atoms with van der Waals surface area (Å²) in [6, 6.07) is 10.1. The van der Waals surface area contributed by atoms with Gasteiger partial charge in [0.2, 0.25) is 0 Å². The zero-order valence-electron chi connectivity index (χ0n) is 25.1. The number of unbranched alkanes of at least 4 members (excludes halogenated alkanes) is 11. The summed E-state index contributed by atoms with van der Waals surface area (Å²) in [5.41, 5.74) is 1.84. The molecule has 5 nitrogen and oxygen atoms in total. The zero-order chi connectivity index (χ0) is 28.5. The van der Waals surface area contributed by atoms with E-state index in [9.17, 15) is 10.1 Å². The van der Waals surface area contributed by atoms with Gasteiger partial charge in [-0.15, -0.1) is 0 Å². The smallest absolute Gasteiger partial charge is 0.314 e. The third-order valence-corrected chi connectivity index (χ3v) is 8.63. The molecule has 0 N–H and O–H groups in total. The van der Waals surface area contributed by atoms with Crippen molar-refractivity contribution in [2.24, 2.45) is 11.3 Å². The number of hydrogen-bond acceptors (Lipinski definition) is 5. The Balaban J connectivity index is 1.39. The molecular weight excluding hydrogens is 494 g/mol. The normalized spacial score (nSPS) is 18.8. The molecule has 0 bridgehead atoms. The molecule has 218 valence electrons. The van der Waals surface area contributed by atoms with E-state index in [0.717, 1.165) is 50.5 Å². The Bertz CT molecular complexity index is 1020. The van der Waals surface area contributed by atoms with Crippen molar-refractivity contribution >= 4 is 5.97 Å². The molecule has 1 aromatic heterocycles. The van der Waals surface area contributed by atoms with Crippen LogP contribution in [0.2, 0.25) is 0 Å². The topological polar surface area (TPSA) is 75.9 Å². The van der Waals surface area contributed by atoms with Crippen LogP contribution in [-0.2, 0) is 11.2 Å². The van der Waals surface area contributed by atoms with Crippen molar-refractivity contribution in [3.05, 3.63) is 42.2 Å². The van der Waals surface area contributed by atoms with Crippen molar-refractivity contribution in [3.63, 3.8) is 0 Å². The van der Waals surface area contributed by atoms with E-state index in [1.807, 2.05) is 36.7 Å². The molecule has 1 heterocycles. The molecule has 0 saturated heterocycles. The van der Waals surface area contributed by atoms with Crippen LogP contribution in [0.4, 0.5) is 0 Å². The second-order valence-electron chi connectivity index (χ2n) is 11.9. The summed E-state index contributed by atoms with van der Waals surface area (Å²) in [5, 5.41) is 9.88. The number of carbonyl (C=O) groups excluding carboxylic acids is 1. The highest BCUT2D eigenvalue weighted by atomic mass is 16.5. The molecule has 40 heavy (non-hydrogen) atoms. The van der Waals surface area contributed by atoms with Crippen LogP contribution in [0, 0.1) is 22.7 Å². The summed E-state index contributed by atoms with van der Waals surface area (Å²) in [6.45, 7) is 4.48. The second-order valence-corrected chi connectivity index (χ2v) is 11.9. The predicted octanol–water partition coefficient (Wildman–Crippen LogP) is 9.79. The molecule has 3 rings (SSSR count). The summed E-state index contributed by atoms with van der Waals surface area (Å²) >= 11 is 0. The summed E-state index contributed by atoms with van der Waals surface area (Å²) in [7, 11) is 0. The lowest BCUT2D eigenvalue weighted by atomic mass is 9.69. The standard InChI is InChI=1S/C35H51N3O2/c1-3-5-7-9-11-12-14-16-29-26-37-33(38-27-29)30-17-19-32(20-18-30)40-34(39)31-21-24-35(28-36,25-22-31)23-15-13-10-8-6-4-2/h17-20,26-27,31H,3-16,21-25H2,1-2H3/t31-,35-. The number of aryl methyl sites for hydroxylation is 1. The molecule has 0 unspecified atom stereocenters. The molecule has 0 amide bonds. The van der Waals surface area contributed by atoms with Crippen LogP contribution < -0.4 is 4.74 Å². The number of nitrogens with zero attached hydrogens (tertiary/aromatic N) is 3. The third-order valence-electron chi connectivity index (χ3n) is 8.63. The quantitative estimate of drug-likeness (QED) is 0.106. The number of nitriles is 1. The fourth-order valence-electron chi connectivity index (χ4n) is 5.86. The molecular formula is C35H51N3O2. The van der Waals surface area contributed by atoms with Crippen LogP contribution in [0.5, 0.6) is 5.75 Å². The van der Waals surface area contributed by atoms with Gasteiger partial charge in [0.1, 0.15) is 5.75 Å². The maximum atomic E-state index is 12.9. The number of benzene rings is 1. The van der Waals surface area contributed by atoms with Crippen molar-refractivity contribution in [1.29, 1.82) is 5.26 Å². The maximum Gasteiger partial charge on any atom is 0.314 e. The first-order chi connectivity index (χ1) is 19.6. The van der Waals surface area contributed by atoms with Gasteiger partial charge in [-0.1, -0.05) is 90.9 Å². The first-order valence-corrected chi connectivity index (χ1v) is 16.1. The van der Waals surface area contributed by atoms with E-state index < -0.39 is 0 Å². The van der Waals surface area contributed by atoms with Crippen LogP contribution in [0.25, 0.3) is 11.4 Å². The molecule has 1 aromatic carbocycles. The lowest BCUT2D eigenvalue weighted by molar-refractivity contribution is -0.140. The number of aromatic nitrogens is 2. The molecule has 0 radical (unpaired) electrons. The average Bonchev–Trinajstić information content (AvgIpc) is 2.99. The highest BCUT2D eigenvalue weighted by Gasteiger charge is 2.38. The molecule has 0 aliphatic heterocycles. The van der Waals surface area contributed by atoms with Crippen LogP contribution >= 0.6 is 0 Å². The Labute approximate surface area is 243 Å². The van der Waals surface area contributed by atoms with Crippen LogP contribution in [0.3, 0.4) is 0 Å². The number of ether oxygens (including phenoxy) is 1. The van der Waals surface area contributed by atoms with E-state index in [0.29, 0.717) is 11.6 Å². The molecule has 1 aliphatic carbocycles. The van der Waals surface area contributed by atoms with Crippen LogP contribution in [0.1, 0.15) is 135 Å². The number of rotatable bonds is 18. The van der Waals surface area contributed by atoms with E-state index in [2.05, 4.69) is 29.9 Å². The highest BCUT2D eigenvalue weighted by molar-refractivity contribution is 5.75. The van der Waals surface area contributed by atoms with Gasteiger partial charge in [0.15, 0.2) is 5.82 Å². The van der Waals surface area contributed by atoms with E-state index in [1.165, 1.54) is 82.6 Å². The van der Waals surface area contributed by atoms with Gasteiger partial charge in [-0.3, -0.25) is 4.79 Å². The fraction of sp³-hybridized carbons (Fsp3) is 0.657. The summed E-state index contributed by atoms with van der Waals surface area (Å²) < 4.78 is 5.72. The van der Waals surface area contributed by atoms with Gasteiger partial charge in [0.25, 0.3) is 0 Å².